The number of hydrogen-bond acceptors (Lipinski definition) is 7. The zero-order valence-corrected chi connectivity index (χ0v) is 21.2. The Bertz CT molecular complexity index is 1270. The molecule has 3 N–H and O–H groups in total. The minimum atomic E-state index is -0.737. The van der Waals surface area contributed by atoms with Gasteiger partial charge in [0.05, 0.1) is 27.8 Å². The quantitative estimate of drug-likeness (QED) is 0.227. The SMILES string of the molecule is C=Nc1c(-c2cccc(Cl)c2Cl)n[nH]c1/N=C(\C)N1CCC(CO)(NOC(=O)c2ccccc2)CC1. The molecule has 0 spiro atoms. The van der Waals surface area contributed by atoms with Crippen LogP contribution in [0.5, 0.6) is 0 Å². The number of piperidine rings is 1. The first kappa shape index (κ1) is 25.8. The molecule has 188 valence electrons. The molecule has 9 nitrogen and oxygen atoms in total. The molecule has 0 unspecified atom stereocenters. The molecule has 0 atom stereocenters. The van der Waals surface area contributed by atoms with E-state index < -0.39 is 11.5 Å². The number of benzene rings is 2. The summed E-state index contributed by atoms with van der Waals surface area (Å²) < 4.78 is 0. The Kier molecular flexibility index (Phi) is 8.05. The van der Waals surface area contributed by atoms with E-state index in [1.165, 1.54) is 0 Å². The molecule has 1 aromatic heterocycles. The number of aromatic amines is 1. The number of aliphatic hydroxyl groups excluding tert-OH is 1. The number of aliphatic imine (C=N–C) groups is 2. The van der Waals surface area contributed by atoms with E-state index in [1.807, 2.05) is 13.0 Å². The van der Waals surface area contributed by atoms with Crippen LogP contribution in [0.15, 0.2) is 58.5 Å². The molecule has 2 aromatic carbocycles. The summed E-state index contributed by atoms with van der Waals surface area (Å²) in [4.78, 5) is 28.5. The molecule has 0 saturated carbocycles. The van der Waals surface area contributed by atoms with Gasteiger partial charge in [-0.25, -0.2) is 9.79 Å². The molecule has 4 rings (SSSR count). The fourth-order valence-corrected chi connectivity index (χ4v) is 4.39. The van der Waals surface area contributed by atoms with Gasteiger partial charge in [-0.3, -0.25) is 10.1 Å². The summed E-state index contributed by atoms with van der Waals surface area (Å²) in [5.41, 5.74) is 4.11. The maximum Gasteiger partial charge on any atom is 0.356 e. The molecule has 1 fully saturated rings. The van der Waals surface area contributed by atoms with E-state index >= 15 is 0 Å². The monoisotopic (exact) mass is 528 g/mol. The molecule has 1 saturated heterocycles. The van der Waals surface area contributed by atoms with Gasteiger partial charge in [0.25, 0.3) is 0 Å². The standard InChI is InChI=1S/C25H26Cl2N6O3/c1-16(29-23-22(28-2)21(30-31-23)18-9-6-10-19(26)20(18)27)33-13-11-25(15-34,12-14-33)32-36-24(35)17-7-4-3-5-8-17/h3-10,32,34H,2,11-15H2,1H3,(H,30,31)/b29-16+. The Hall–Kier alpha value is -3.24. The van der Waals surface area contributed by atoms with Gasteiger partial charge in [-0.2, -0.15) is 5.10 Å². The zero-order chi connectivity index (χ0) is 25.7. The number of nitrogens with zero attached hydrogens (tertiary/aromatic N) is 4. The number of hydroxylamine groups is 1. The fourth-order valence-electron chi connectivity index (χ4n) is 4.00. The van der Waals surface area contributed by atoms with Crippen LogP contribution in [0.25, 0.3) is 11.3 Å². The highest BCUT2D eigenvalue weighted by Gasteiger charge is 2.36. The number of aliphatic hydroxyl groups is 1. The van der Waals surface area contributed by atoms with Crippen molar-refractivity contribution in [1.82, 2.24) is 20.6 Å². The summed E-state index contributed by atoms with van der Waals surface area (Å²) in [6.07, 6.45) is 1.08. The highest BCUT2D eigenvalue weighted by atomic mass is 35.5. The summed E-state index contributed by atoms with van der Waals surface area (Å²) in [5, 5.41) is 18.1. The normalized spacial score (nSPS) is 15.6. The molecule has 1 aliphatic rings. The zero-order valence-electron chi connectivity index (χ0n) is 19.7. The Labute approximate surface area is 218 Å². The van der Waals surface area contributed by atoms with Crippen molar-refractivity contribution in [3.8, 4) is 11.3 Å². The third kappa shape index (κ3) is 5.44. The van der Waals surface area contributed by atoms with Crippen LogP contribution in [-0.4, -0.2) is 64.0 Å². The van der Waals surface area contributed by atoms with Crippen LogP contribution in [0, 0.1) is 0 Å². The third-order valence-corrected chi connectivity index (χ3v) is 7.03. The Morgan fingerprint density at radius 2 is 1.94 bits per heavy atom. The van der Waals surface area contributed by atoms with Gasteiger partial charge < -0.3 is 14.8 Å². The van der Waals surface area contributed by atoms with Gasteiger partial charge in [-0.1, -0.05) is 53.5 Å². The number of carbonyl (C=O) groups excluding carboxylic acids is 1. The lowest BCUT2D eigenvalue weighted by molar-refractivity contribution is -0.0367. The maximum absolute atomic E-state index is 12.3. The van der Waals surface area contributed by atoms with E-state index in [4.69, 9.17) is 28.0 Å². The van der Waals surface area contributed by atoms with E-state index in [-0.39, 0.29) is 6.61 Å². The maximum atomic E-state index is 12.3. The van der Waals surface area contributed by atoms with Gasteiger partial charge in [-0.15, -0.1) is 5.48 Å². The molecule has 1 aliphatic heterocycles. The highest BCUT2D eigenvalue weighted by Crippen LogP contribution is 2.41. The second kappa shape index (κ2) is 11.2. The van der Waals surface area contributed by atoms with Gasteiger partial charge in [0.15, 0.2) is 5.82 Å². The van der Waals surface area contributed by atoms with E-state index in [0.29, 0.717) is 64.3 Å². The minimum absolute atomic E-state index is 0.173. The average molecular weight is 529 g/mol. The minimum Gasteiger partial charge on any atom is -0.394 e. The number of amidine groups is 1. The fraction of sp³-hybridized carbons (Fsp3) is 0.280. The van der Waals surface area contributed by atoms with Crippen LogP contribution >= 0.6 is 23.2 Å². The molecule has 11 heteroatoms. The Balaban J connectivity index is 1.44. The predicted octanol–water partition coefficient (Wildman–Crippen LogP) is 4.95. The third-order valence-electron chi connectivity index (χ3n) is 6.21. The second-order valence-electron chi connectivity index (χ2n) is 8.47. The van der Waals surface area contributed by atoms with E-state index in [2.05, 4.69) is 37.3 Å². The van der Waals surface area contributed by atoms with Crippen LogP contribution in [-0.2, 0) is 4.84 Å². The first-order valence-corrected chi connectivity index (χ1v) is 12.1. The van der Waals surface area contributed by atoms with Crippen molar-refractivity contribution in [1.29, 1.82) is 0 Å². The Morgan fingerprint density at radius 3 is 2.61 bits per heavy atom. The molecule has 3 aromatic rings. The molecule has 0 bridgehead atoms. The van der Waals surface area contributed by atoms with Crippen molar-refractivity contribution in [2.24, 2.45) is 9.98 Å². The van der Waals surface area contributed by atoms with Crippen molar-refractivity contribution in [2.45, 2.75) is 25.3 Å². The van der Waals surface area contributed by atoms with Crippen molar-refractivity contribution in [3.05, 3.63) is 64.1 Å². The van der Waals surface area contributed by atoms with Crippen LogP contribution in [0.4, 0.5) is 11.5 Å². The molecule has 2 heterocycles. The number of carbonyl (C=O) groups is 1. The number of halogens is 2. The lowest BCUT2D eigenvalue weighted by Gasteiger charge is -2.40. The number of rotatable bonds is 7. The molecule has 0 aliphatic carbocycles. The summed E-state index contributed by atoms with van der Waals surface area (Å²) >= 11 is 12.5. The smallest absolute Gasteiger partial charge is 0.356 e. The van der Waals surface area contributed by atoms with Gasteiger partial charge in [-0.05, 0) is 44.7 Å². The van der Waals surface area contributed by atoms with Crippen LogP contribution in [0.2, 0.25) is 10.0 Å². The first-order valence-electron chi connectivity index (χ1n) is 11.3. The van der Waals surface area contributed by atoms with Crippen molar-refractivity contribution >= 4 is 53.2 Å². The lowest BCUT2D eigenvalue weighted by Crippen LogP contribution is -2.56. The van der Waals surface area contributed by atoms with Crippen molar-refractivity contribution in [2.75, 3.05) is 19.7 Å². The average Bonchev–Trinajstić information content (AvgIpc) is 3.31. The number of likely N-dealkylation sites (tertiary alicyclic amines) is 1. The van der Waals surface area contributed by atoms with Gasteiger partial charge in [0.1, 0.15) is 17.2 Å². The number of nitrogens with one attached hydrogen (secondary N) is 2. The van der Waals surface area contributed by atoms with Gasteiger partial charge >= 0.3 is 5.97 Å². The molecule has 0 radical (unpaired) electrons. The molecule has 0 amide bonds. The molecular formula is C25H26Cl2N6O3. The van der Waals surface area contributed by atoms with E-state index in [0.717, 1.165) is 5.84 Å². The van der Waals surface area contributed by atoms with Crippen molar-refractivity contribution in [3.63, 3.8) is 0 Å². The van der Waals surface area contributed by atoms with Gasteiger partial charge in [0.2, 0.25) is 0 Å². The number of aromatic nitrogens is 2. The summed E-state index contributed by atoms with van der Waals surface area (Å²) in [6, 6.07) is 14.0. The molecular weight excluding hydrogens is 503 g/mol. The lowest BCUT2D eigenvalue weighted by atomic mass is 9.89. The van der Waals surface area contributed by atoms with Crippen LogP contribution in [0.1, 0.15) is 30.1 Å². The second-order valence-corrected chi connectivity index (χ2v) is 9.26. The van der Waals surface area contributed by atoms with E-state index in [9.17, 15) is 9.90 Å². The first-order chi connectivity index (χ1) is 17.4. The molecule has 36 heavy (non-hydrogen) atoms. The summed E-state index contributed by atoms with van der Waals surface area (Å²) in [6.45, 7) is 6.55. The predicted molar refractivity (Wildman–Crippen MR) is 142 cm³/mol. The van der Waals surface area contributed by atoms with Crippen LogP contribution in [0.3, 0.4) is 0 Å². The number of hydrogen-bond donors (Lipinski definition) is 3. The topological polar surface area (TPSA) is 115 Å². The number of H-pyrrole nitrogens is 1. The Morgan fingerprint density at radius 1 is 1.22 bits per heavy atom. The van der Waals surface area contributed by atoms with Crippen molar-refractivity contribution < 1.29 is 14.7 Å². The highest BCUT2D eigenvalue weighted by molar-refractivity contribution is 6.43. The van der Waals surface area contributed by atoms with E-state index in [1.54, 1.807) is 42.5 Å². The largest absolute Gasteiger partial charge is 0.394 e. The summed E-state index contributed by atoms with van der Waals surface area (Å²) in [5.74, 6) is 0.686. The van der Waals surface area contributed by atoms with Gasteiger partial charge in [0, 0.05) is 18.7 Å². The summed E-state index contributed by atoms with van der Waals surface area (Å²) in [7, 11) is 0. The van der Waals surface area contributed by atoms with Crippen LogP contribution < -0.4 is 5.48 Å².